The molecule has 0 saturated carbocycles. The van der Waals surface area contributed by atoms with Crippen LogP contribution in [0, 0.1) is 5.92 Å². The lowest BCUT2D eigenvalue weighted by Crippen LogP contribution is -2.38. The van der Waals surface area contributed by atoms with Crippen molar-refractivity contribution in [3.05, 3.63) is 70.4 Å². The lowest BCUT2D eigenvalue weighted by Gasteiger charge is -2.29. The van der Waals surface area contributed by atoms with Crippen LogP contribution in [0.3, 0.4) is 0 Å². The molecule has 1 aromatic carbocycles. The number of thiophene rings is 1. The minimum atomic E-state index is 0.193. The standard InChI is InChI=1S/C19H19N3S2/c1-2-11-20-19(23)22-18(16-8-5-12-24-16)15-10-9-13-6-3-4-7-14(13)17(15)21-22/h2-8,12,15,18H,1,9-11H2,(H,20,23). The van der Waals surface area contributed by atoms with Crippen LogP contribution in [0.25, 0.3) is 0 Å². The molecule has 3 nitrogen and oxygen atoms in total. The van der Waals surface area contributed by atoms with Crippen LogP contribution in [-0.2, 0) is 6.42 Å². The molecule has 0 fully saturated rings. The van der Waals surface area contributed by atoms with Crippen molar-refractivity contribution in [2.24, 2.45) is 11.0 Å². The fraction of sp³-hybridized carbons (Fsp3) is 0.263. The zero-order valence-electron chi connectivity index (χ0n) is 13.3. The summed E-state index contributed by atoms with van der Waals surface area (Å²) in [4.78, 5) is 1.32. The number of thiocarbonyl (C=S) groups is 1. The van der Waals surface area contributed by atoms with Gasteiger partial charge in [-0.25, -0.2) is 5.01 Å². The molecule has 1 N–H and O–H groups in total. The predicted molar refractivity (Wildman–Crippen MR) is 104 cm³/mol. The summed E-state index contributed by atoms with van der Waals surface area (Å²) >= 11 is 7.40. The highest BCUT2D eigenvalue weighted by atomic mass is 32.1. The van der Waals surface area contributed by atoms with Crippen LogP contribution >= 0.6 is 23.6 Å². The average Bonchev–Trinajstić information content (AvgIpc) is 3.26. The fourth-order valence-electron chi connectivity index (χ4n) is 3.61. The second-order valence-electron chi connectivity index (χ2n) is 6.07. The maximum Gasteiger partial charge on any atom is 0.190 e. The van der Waals surface area contributed by atoms with Gasteiger partial charge in [-0.05, 0) is 42.1 Å². The van der Waals surface area contributed by atoms with Gasteiger partial charge in [0.15, 0.2) is 5.11 Å². The summed E-state index contributed by atoms with van der Waals surface area (Å²) in [6, 6.07) is 13.1. The number of rotatable bonds is 3. The highest BCUT2D eigenvalue weighted by molar-refractivity contribution is 7.80. The Morgan fingerprint density at radius 2 is 2.25 bits per heavy atom. The second-order valence-corrected chi connectivity index (χ2v) is 7.43. The Morgan fingerprint density at radius 1 is 1.38 bits per heavy atom. The summed E-state index contributed by atoms with van der Waals surface area (Å²) in [5.74, 6) is 0.391. The zero-order chi connectivity index (χ0) is 16.5. The zero-order valence-corrected chi connectivity index (χ0v) is 14.9. The SMILES string of the molecule is C=CCNC(=S)N1N=C2c3ccccc3CCC2C1c1cccs1. The monoisotopic (exact) mass is 353 g/mol. The number of fused-ring (bicyclic) bond motifs is 3. The highest BCUT2D eigenvalue weighted by Crippen LogP contribution is 2.44. The van der Waals surface area contributed by atoms with Crippen LogP contribution < -0.4 is 5.32 Å². The van der Waals surface area contributed by atoms with Crippen molar-refractivity contribution in [3.63, 3.8) is 0 Å². The summed E-state index contributed by atoms with van der Waals surface area (Å²) in [7, 11) is 0. The first kappa shape index (κ1) is 15.5. The lowest BCUT2D eigenvalue weighted by atomic mass is 9.79. The van der Waals surface area contributed by atoms with Gasteiger partial charge in [0.2, 0.25) is 0 Å². The molecule has 122 valence electrons. The molecule has 0 spiro atoms. The molecule has 0 bridgehead atoms. The van der Waals surface area contributed by atoms with E-state index in [2.05, 4.69) is 53.7 Å². The molecule has 1 aliphatic heterocycles. The molecule has 2 unspecified atom stereocenters. The van der Waals surface area contributed by atoms with E-state index in [4.69, 9.17) is 17.3 Å². The maximum absolute atomic E-state index is 5.62. The first-order valence-electron chi connectivity index (χ1n) is 8.17. The van der Waals surface area contributed by atoms with Gasteiger partial charge in [-0.3, -0.25) is 0 Å². The van der Waals surface area contributed by atoms with Crippen LogP contribution in [0.4, 0.5) is 0 Å². The van der Waals surface area contributed by atoms with Gasteiger partial charge in [0.05, 0.1) is 11.8 Å². The summed E-state index contributed by atoms with van der Waals surface area (Å²) < 4.78 is 0. The second kappa shape index (κ2) is 6.49. The van der Waals surface area contributed by atoms with Gasteiger partial charge in [0.1, 0.15) is 0 Å². The smallest absolute Gasteiger partial charge is 0.190 e. The Bertz CT molecular complexity index is 795. The van der Waals surface area contributed by atoms with E-state index >= 15 is 0 Å². The van der Waals surface area contributed by atoms with Crippen LogP contribution in [0.1, 0.15) is 28.5 Å². The largest absolute Gasteiger partial charge is 0.358 e. The van der Waals surface area contributed by atoms with Crippen LogP contribution in [0.15, 0.2) is 59.5 Å². The highest BCUT2D eigenvalue weighted by Gasteiger charge is 2.43. The maximum atomic E-state index is 5.62. The van der Waals surface area contributed by atoms with Crippen molar-refractivity contribution >= 4 is 34.4 Å². The lowest BCUT2D eigenvalue weighted by molar-refractivity contribution is 0.309. The molecule has 4 rings (SSSR count). The van der Waals surface area contributed by atoms with Crippen molar-refractivity contribution in [1.82, 2.24) is 10.3 Å². The molecule has 24 heavy (non-hydrogen) atoms. The Morgan fingerprint density at radius 3 is 3.04 bits per heavy atom. The van der Waals surface area contributed by atoms with Gasteiger partial charge >= 0.3 is 0 Å². The van der Waals surface area contributed by atoms with Gasteiger partial charge in [0, 0.05) is 22.9 Å². The third kappa shape index (κ3) is 2.58. The molecule has 0 amide bonds. The predicted octanol–water partition coefficient (Wildman–Crippen LogP) is 4.13. The first-order chi connectivity index (χ1) is 11.8. The minimum absolute atomic E-state index is 0.193. The number of hydrazone groups is 1. The van der Waals surface area contributed by atoms with E-state index in [1.807, 2.05) is 11.1 Å². The number of hydrogen-bond acceptors (Lipinski definition) is 3. The van der Waals surface area contributed by atoms with Crippen molar-refractivity contribution < 1.29 is 0 Å². The van der Waals surface area contributed by atoms with Crippen LogP contribution in [0.5, 0.6) is 0 Å². The van der Waals surface area contributed by atoms with Crippen LogP contribution in [0.2, 0.25) is 0 Å². The van der Waals surface area contributed by atoms with E-state index in [-0.39, 0.29) is 6.04 Å². The van der Waals surface area contributed by atoms with Crippen molar-refractivity contribution in [2.45, 2.75) is 18.9 Å². The van der Waals surface area contributed by atoms with E-state index in [9.17, 15) is 0 Å². The normalized spacial score (nSPS) is 21.7. The number of benzene rings is 1. The Balaban J connectivity index is 1.75. The average molecular weight is 354 g/mol. The molecular formula is C19H19N3S2. The molecule has 0 radical (unpaired) electrons. The molecule has 2 heterocycles. The molecule has 1 aliphatic carbocycles. The summed E-state index contributed by atoms with van der Waals surface area (Å²) in [5, 5.41) is 13.0. The third-order valence-corrected chi connectivity index (χ3v) is 5.94. The first-order valence-corrected chi connectivity index (χ1v) is 9.46. The van der Waals surface area contributed by atoms with Gasteiger partial charge in [-0.15, -0.1) is 17.9 Å². The van der Waals surface area contributed by atoms with Gasteiger partial charge in [0.25, 0.3) is 0 Å². The van der Waals surface area contributed by atoms with Crippen molar-refractivity contribution in [3.8, 4) is 0 Å². The van der Waals surface area contributed by atoms with Crippen LogP contribution in [-0.4, -0.2) is 22.4 Å². The van der Waals surface area contributed by atoms with E-state index in [0.717, 1.165) is 12.8 Å². The topological polar surface area (TPSA) is 27.6 Å². The van der Waals surface area contributed by atoms with Crippen molar-refractivity contribution in [2.75, 3.05) is 6.54 Å². The quantitative estimate of drug-likeness (QED) is 0.664. The summed E-state index contributed by atoms with van der Waals surface area (Å²) in [6.45, 7) is 4.41. The van der Waals surface area contributed by atoms with E-state index in [0.29, 0.717) is 17.6 Å². The Labute approximate surface area is 151 Å². The number of nitrogens with zero attached hydrogens (tertiary/aromatic N) is 2. The molecule has 1 aromatic heterocycles. The third-order valence-electron chi connectivity index (χ3n) is 4.67. The Hall–Kier alpha value is -1.98. The van der Waals surface area contributed by atoms with Crippen molar-refractivity contribution in [1.29, 1.82) is 0 Å². The van der Waals surface area contributed by atoms with Gasteiger partial charge < -0.3 is 5.32 Å². The molecule has 2 aliphatic rings. The van der Waals surface area contributed by atoms with E-state index < -0.39 is 0 Å². The van der Waals surface area contributed by atoms with E-state index in [1.165, 1.54) is 21.7 Å². The molecule has 2 aromatic rings. The summed E-state index contributed by atoms with van der Waals surface area (Å²) in [6.07, 6.45) is 4.03. The fourth-order valence-corrected chi connectivity index (χ4v) is 4.72. The number of nitrogens with one attached hydrogen (secondary N) is 1. The van der Waals surface area contributed by atoms with E-state index in [1.54, 1.807) is 11.3 Å². The van der Waals surface area contributed by atoms with Gasteiger partial charge in [-0.2, -0.15) is 5.10 Å². The number of hydrogen-bond donors (Lipinski definition) is 1. The molecule has 5 heteroatoms. The molecular weight excluding hydrogens is 334 g/mol. The summed E-state index contributed by atoms with van der Waals surface area (Å²) in [5.41, 5.74) is 3.85. The Kier molecular flexibility index (Phi) is 4.21. The molecule has 2 atom stereocenters. The molecule has 0 saturated heterocycles. The number of aryl methyl sites for hydroxylation is 1. The van der Waals surface area contributed by atoms with Gasteiger partial charge in [-0.1, -0.05) is 36.4 Å². The minimum Gasteiger partial charge on any atom is -0.358 e.